The van der Waals surface area contributed by atoms with Crippen LogP contribution in [0.3, 0.4) is 0 Å². The number of anilines is 2. The Morgan fingerprint density at radius 2 is 1.75 bits per heavy atom. The Kier molecular flexibility index (Phi) is 6.31. The maximum absolute atomic E-state index is 7.60. The Balaban J connectivity index is 0.00000208. The molecule has 1 aromatic heterocycles. The van der Waals surface area contributed by atoms with Crippen LogP contribution in [-0.4, -0.2) is 12.1 Å². The Morgan fingerprint density at radius 3 is 2.42 bits per heavy atom. The molecule has 0 aliphatic heterocycles. The number of rotatable bonds is 5. The first-order chi connectivity index (χ1) is 11.2. The molecule has 2 aromatic carbocycles. The van der Waals surface area contributed by atoms with E-state index < -0.39 is 0 Å². The van der Waals surface area contributed by atoms with E-state index in [2.05, 4.69) is 29.6 Å². The lowest BCUT2D eigenvalue weighted by Crippen LogP contribution is -2.08. The number of thiophene rings is 1. The molecule has 0 aliphatic carbocycles. The summed E-state index contributed by atoms with van der Waals surface area (Å²) in [5, 5.41) is 11.0. The summed E-state index contributed by atoms with van der Waals surface area (Å²) >= 11 is 3.20. The molecule has 3 nitrogen and oxygen atoms in total. The average molecular weight is 376 g/mol. The molecule has 0 spiro atoms. The van der Waals surface area contributed by atoms with Crippen molar-refractivity contribution in [2.45, 2.75) is 4.21 Å². The van der Waals surface area contributed by atoms with Crippen molar-refractivity contribution in [2.24, 2.45) is 5.73 Å². The van der Waals surface area contributed by atoms with Crippen molar-refractivity contribution >= 4 is 52.7 Å². The Hall–Kier alpha value is -1.95. The second-order valence-electron chi connectivity index (χ2n) is 5.00. The number of nitrogen functional groups attached to an aromatic ring is 1. The number of halogens is 1. The van der Waals surface area contributed by atoms with Gasteiger partial charge in [0, 0.05) is 5.69 Å². The highest BCUT2D eigenvalue weighted by Crippen LogP contribution is 2.37. The fraction of sp³-hybridized carbons (Fsp3) is 0.0556. The van der Waals surface area contributed by atoms with Gasteiger partial charge in [-0.25, -0.2) is 0 Å². The van der Waals surface area contributed by atoms with Crippen LogP contribution in [0.5, 0.6) is 0 Å². The first-order valence-electron chi connectivity index (χ1n) is 7.12. The van der Waals surface area contributed by atoms with Gasteiger partial charge >= 0.3 is 0 Å². The quantitative estimate of drug-likeness (QED) is 0.309. The van der Waals surface area contributed by atoms with Crippen LogP contribution in [0.25, 0.3) is 11.1 Å². The normalized spacial score (nSPS) is 10.0. The number of nitrogens with two attached hydrogens (primary N) is 1. The predicted octanol–water partition coefficient (Wildman–Crippen LogP) is 5.59. The molecular formula is C18H18ClN3S2. The maximum Gasteiger partial charge on any atom is 0.133 e. The number of nitrogens with one attached hydrogen (secondary N) is 2. The second-order valence-corrected chi connectivity index (χ2v) is 7.13. The molecule has 3 rings (SSSR count). The molecule has 6 heteroatoms. The van der Waals surface area contributed by atoms with Crippen molar-refractivity contribution in [1.82, 2.24) is 0 Å². The zero-order chi connectivity index (χ0) is 16.2. The molecule has 124 valence electrons. The van der Waals surface area contributed by atoms with Crippen LogP contribution in [0.1, 0.15) is 4.88 Å². The number of amidine groups is 1. The lowest BCUT2D eigenvalue weighted by Gasteiger charge is -2.08. The van der Waals surface area contributed by atoms with Gasteiger partial charge in [-0.3, -0.25) is 5.41 Å². The van der Waals surface area contributed by atoms with Crippen LogP contribution < -0.4 is 11.1 Å². The largest absolute Gasteiger partial charge is 0.383 e. The molecule has 0 saturated carbocycles. The Morgan fingerprint density at radius 1 is 1.04 bits per heavy atom. The third kappa shape index (κ3) is 4.12. The zero-order valence-electron chi connectivity index (χ0n) is 13.1. The van der Waals surface area contributed by atoms with Gasteiger partial charge in [0.1, 0.15) is 5.84 Å². The minimum Gasteiger partial charge on any atom is -0.383 e. The summed E-state index contributed by atoms with van der Waals surface area (Å²) in [4.78, 5) is 0.788. The van der Waals surface area contributed by atoms with Crippen LogP contribution >= 0.6 is 35.5 Å². The van der Waals surface area contributed by atoms with Crippen molar-refractivity contribution in [3.63, 3.8) is 0 Å². The first-order valence-corrected chi connectivity index (χ1v) is 9.16. The highest BCUT2D eigenvalue weighted by atomic mass is 35.5. The smallest absolute Gasteiger partial charge is 0.133 e. The van der Waals surface area contributed by atoms with E-state index in [1.54, 1.807) is 11.8 Å². The topological polar surface area (TPSA) is 61.9 Å². The minimum absolute atomic E-state index is 0. The van der Waals surface area contributed by atoms with Crippen LogP contribution in [0, 0.1) is 5.41 Å². The summed E-state index contributed by atoms with van der Waals surface area (Å²) in [7, 11) is 0. The average Bonchev–Trinajstić information content (AvgIpc) is 2.99. The molecule has 0 amide bonds. The summed E-state index contributed by atoms with van der Waals surface area (Å²) in [5.74, 6) is 0.108. The fourth-order valence-electron chi connectivity index (χ4n) is 2.31. The van der Waals surface area contributed by atoms with E-state index in [0.717, 1.165) is 20.5 Å². The first kappa shape index (κ1) is 18.4. The molecular weight excluding hydrogens is 358 g/mol. The monoisotopic (exact) mass is 375 g/mol. The van der Waals surface area contributed by atoms with Crippen LogP contribution in [0.4, 0.5) is 11.4 Å². The van der Waals surface area contributed by atoms with Crippen molar-refractivity contribution in [2.75, 3.05) is 11.6 Å². The third-order valence-corrected chi connectivity index (χ3v) is 5.70. The van der Waals surface area contributed by atoms with Gasteiger partial charge in [-0.2, -0.15) is 0 Å². The molecule has 0 atom stereocenters. The lowest BCUT2D eigenvalue weighted by atomic mass is 10.1. The molecule has 0 radical (unpaired) electrons. The van der Waals surface area contributed by atoms with Crippen molar-refractivity contribution in [3.05, 3.63) is 65.5 Å². The SMILES string of the molecule is CSc1sc(C(=N)N)cc1Nc1cccc(-c2ccccc2)c1.Cl. The molecule has 0 aliphatic rings. The molecule has 1 heterocycles. The summed E-state index contributed by atoms with van der Waals surface area (Å²) in [6.07, 6.45) is 2.03. The van der Waals surface area contributed by atoms with Crippen molar-refractivity contribution < 1.29 is 0 Å². The second kappa shape index (κ2) is 8.24. The van der Waals surface area contributed by atoms with Crippen molar-refractivity contribution in [3.8, 4) is 11.1 Å². The zero-order valence-corrected chi connectivity index (χ0v) is 15.5. The minimum atomic E-state index is 0. The fourth-order valence-corrected chi connectivity index (χ4v) is 3.95. The number of thioether (sulfide) groups is 1. The highest BCUT2D eigenvalue weighted by Gasteiger charge is 2.10. The van der Waals surface area contributed by atoms with E-state index in [0.29, 0.717) is 0 Å². The van der Waals surface area contributed by atoms with Gasteiger partial charge in [0.25, 0.3) is 0 Å². The summed E-state index contributed by atoms with van der Waals surface area (Å²) in [6.45, 7) is 0. The van der Waals surface area contributed by atoms with Crippen LogP contribution in [-0.2, 0) is 0 Å². The van der Waals surface area contributed by atoms with Gasteiger partial charge in [0.05, 0.1) is 14.8 Å². The number of hydrogen-bond donors (Lipinski definition) is 3. The Labute approximate surface area is 156 Å². The standard InChI is InChI=1S/C18H17N3S2.ClH/c1-22-18-15(11-16(23-18)17(19)20)21-14-9-5-8-13(10-14)12-6-3-2-4-7-12;/h2-11,21H,1H3,(H3,19,20);1H. The van der Waals surface area contributed by atoms with E-state index in [9.17, 15) is 0 Å². The van der Waals surface area contributed by atoms with Crippen LogP contribution in [0.15, 0.2) is 64.9 Å². The van der Waals surface area contributed by atoms with E-state index in [1.807, 2.05) is 42.7 Å². The molecule has 0 fully saturated rings. The predicted molar refractivity (Wildman–Crippen MR) is 110 cm³/mol. The summed E-state index contributed by atoms with van der Waals surface area (Å²) in [5.41, 5.74) is 9.98. The van der Waals surface area contributed by atoms with E-state index in [1.165, 1.54) is 22.5 Å². The van der Waals surface area contributed by atoms with Gasteiger partial charge < -0.3 is 11.1 Å². The van der Waals surface area contributed by atoms with Crippen molar-refractivity contribution in [1.29, 1.82) is 5.41 Å². The van der Waals surface area contributed by atoms with Gasteiger partial charge in [-0.15, -0.1) is 35.5 Å². The summed E-state index contributed by atoms with van der Waals surface area (Å²) in [6, 6.07) is 20.6. The number of hydrogen-bond acceptors (Lipinski definition) is 4. The summed E-state index contributed by atoms with van der Waals surface area (Å²) < 4.78 is 1.13. The third-order valence-electron chi connectivity index (χ3n) is 3.40. The number of benzene rings is 2. The molecule has 4 N–H and O–H groups in total. The maximum atomic E-state index is 7.60. The van der Waals surface area contributed by atoms with Gasteiger partial charge in [0.15, 0.2) is 0 Å². The molecule has 3 aromatic rings. The van der Waals surface area contributed by atoms with E-state index in [-0.39, 0.29) is 18.2 Å². The Bertz CT molecular complexity index is 831. The van der Waals surface area contributed by atoms with Gasteiger partial charge in [-0.1, -0.05) is 42.5 Å². The van der Waals surface area contributed by atoms with E-state index >= 15 is 0 Å². The van der Waals surface area contributed by atoms with E-state index in [4.69, 9.17) is 11.1 Å². The molecule has 0 bridgehead atoms. The molecule has 24 heavy (non-hydrogen) atoms. The lowest BCUT2D eigenvalue weighted by molar-refractivity contribution is 1.45. The van der Waals surface area contributed by atoms with Crippen LogP contribution in [0.2, 0.25) is 0 Å². The van der Waals surface area contributed by atoms with Gasteiger partial charge in [0.2, 0.25) is 0 Å². The van der Waals surface area contributed by atoms with Gasteiger partial charge in [-0.05, 0) is 35.6 Å². The molecule has 0 saturated heterocycles. The highest BCUT2D eigenvalue weighted by molar-refractivity contribution is 8.00. The molecule has 0 unspecified atom stereocenters.